The van der Waals surface area contributed by atoms with E-state index in [0.717, 1.165) is 38.3 Å². The number of nitriles is 1. The number of rotatable bonds is 4. The summed E-state index contributed by atoms with van der Waals surface area (Å²) in [6.45, 7) is 1.91. The summed E-state index contributed by atoms with van der Waals surface area (Å²) < 4.78 is 11.5. The average molecular weight is 363 g/mol. The van der Waals surface area contributed by atoms with E-state index in [-0.39, 0.29) is 6.42 Å². The molecule has 0 heterocycles. The molecule has 1 N–H and O–H groups in total. The molecule has 130 valence electrons. The van der Waals surface area contributed by atoms with Crippen molar-refractivity contribution in [3.05, 3.63) is 70.3 Å². The van der Waals surface area contributed by atoms with Crippen LogP contribution in [0.5, 0.6) is 0 Å². The smallest absolute Gasteiger partial charge is 0.307 e. The highest BCUT2D eigenvalue weighted by Gasteiger charge is 2.25. The number of aliphatic carboxylic acids is 1. The van der Waals surface area contributed by atoms with Crippen molar-refractivity contribution in [1.29, 1.82) is 5.26 Å². The standard InChI is InChI=1S/C21H17NO3S/c1-13-18(9-14-3-6-16(7-4-14)26(2)25)20-10-15(12-22)5-8-17(20)19(13)11-21(23)24/h3-10H,11H2,1-2H3,(H,23,24). The molecule has 1 aliphatic rings. The van der Waals surface area contributed by atoms with Crippen LogP contribution in [0.2, 0.25) is 0 Å². The lowest BCUT2D eigenvalue weighted by Gasteiger charge is -2.05. The molecule has 1 atom stereocenters. The van der Waals surface area contributed by atoms with Gasteiger partial charge in [0.25, 0.3) is 0 Å². The first-order chi connectivity index (χ1) is 12.4. The van der Waals surface area contributed by atoms with Gasteiger partial charge in [0.1, 0.15) is 0 Å². The third kappa shape index (κ3) is 3.37. The first-order valence-corrected chi connectivity index (χ1v) is 9.58. The summed E-state index contributed by atoms with van der Waals surface area (Å²) in [7, 11) is -1.03. The predicted octanol–water partition coefficient (Wildman–Crippen LogP) is 4.10. The largest absolute Gasteiger partial charge is 0.481 e. The number of benzene rings is 2. The number of allylic oxidation sites excluding steroid dienone is 2. The molecule has 0 fully saturated rings. The topological polar surface area (TPSA) is 78.2 Å². The fraction of sp³-hybridized carbons (Fsp3) is 0.143. The normalized spacial score (nSPS) is 15.7. The zero-order valence-electron chi connectivity index (χ0n) is 14.4. The van der Waals surface area contributed by atoms with Crippen molar-refractivity contribution >= 4 is 34.0 Å². The van der Waals surface area contributed by atoms with Crippen molar-refractivity contribution in [1.82, 2.24) is 0 Å². The molecule has 2 aromatic carbocycles. The first kappa shape index (κ1) is 17.8. The van der Waals surface area contributed by atoms with Crippen molar-refractivity contribution < 1.29 is 14.1 Å². The van der Waals surface area contributed by atoms with Gasteiger partial charge in [0.2, 0.25) is 0 Å². The van der Waals surface area contributed by atoms with E-state index in [4.69, 9.17) is 0 Å². The Morgan fingerprint density at radius 2 is 1.88 bits per heavy atom. The van der Waals surface area contributed by atoms with E-state index in [2.05, 4.69) is 6.07 Å². The van der Waals surface area contributed by atoms with Gasteiger partial charge in [-0.15, -0.1) is 0 Å². The van der Waals surface area contributed by atoms with E-state index >= 15 is 0 Å². The maximum Gasteiger partial charge on any atom is 0.307 e. The Morgan fingerprint density at radius 3 is 2.46 bits per heavy atom. The van der Waals surface area contributed by atoms with Gasteiger partial charge in [0, 0.05) is 22.0 Å². The van der Waals surface area contributed by atoms with E-state index in [1.807, 2.05) is 43.3 Å². The molecule has 0 radical (unpaired) electrons. The number of carbonyl (C=O) groups is 1. The highest BCUT2D eigenvalue weighted by Crippen LogP contribution is 2.43. The summed E-state index contributed by atoms with van der Waals surface area (Å²) in [6.07, 6.45) is 3.55. The Kier molecular flexibility index (Phi) is 4.88. The van der Waals surface area contributed by atoms with Gasteiger partial charge in [-0.05, 0) is 70.7 Å². The molecule has 0 saturated carbocycles. The van der Waals surface area contributed by atoms with Crippen LogP contribution in [-0.4, -0.2) is 21.5 Å². The van der Waals surface area contributed by atoms with Crippen LogP contribution in [0.25, 0.3) is 17.2 Å². The number of hydrogen-bond donors (Lipinski definition) is 1. The molecule has 0 saturated heterocycles. The minimum absolute atomic E-state index is 0.0597. The predicted molar refractivity (Wildman–Crippen MR) is 103 cm³/mol. The van der Waals surface area contributed by atoms with E-state index in [1.54, 1.807) is 18.4 Å². The lowest BCUT2D eigenvalue weighted by Crippen LogP contribution is -1.96. The molecule has 0 bridgehead atoms. The van der Waals surface area contributed by atoms with Crippen LogP contribution >= 0.6 is 0 Å². The SMILES string of the molecule is CC1=C(CC(=O)O)c2ccc(C#N)cc2C1=Cc1ccc(S(C)=O)cc1. The first-order valence-electron chi connectivity index (χ1n) is 8.02. The molecule has 0 spiro atoms. The summed E-state index contributed by atoms with van der Waals surface area (Å²) in [4.78, 5) is 12.0. The quantitative estimate of drug-likeness (QED) is 0.887. The van der Waals surface area contributed by atoms with E-state index in [9.17, 15) is 19.4 Å². The Balaban J connectivity index is 2.13. The second kappa shape index (κ2) is 7.11. The molecular weight excluding hydrogens is 346 g/mol. The summed E-state index contributed by atoms with van der Waals surface area (Å²) in [5, 5.41) is 18.4. The Morgan fingerprint density at radius 1 is 1.19 bits per heavy atom. The van der Waals surface area contributed by atoms with Gasteiger partial charge in [-0.2, -0.15) is 5.26 Å². The second-order valence-electron chi connectivity index (χ2n) is 6.13. The summed E-state index contributed by atoms with van der Waals surface area (Å²) in [5.41, 5.74) is 5.80. The number of carboxylic acid groups (broad SMARTS) is 1. The molecule has 0 aliphatic heterocycles. The van der Waals surface area contributed by atoms with Crippen LogP contribution in [0.15, 0.2) is 52.9 Å². The molecule has 4 nitrogen and oxygen atoms in total. The van der Waals surface area contributed by atoms with Crippen LogP contribution < -0.4 is 0 Å². The third-order valence-electron chi connectivity index (χ3n) is 4.47. The van der Waals surface area contributed by atoms with Gasteiger partial charge in [-0.3, -0.25) is 9.00 Å². The summed E-state index contributed by atoms with van der Waals surface area (Å²) in [5.74, 6) is -0.884. The molecule has 0 aromatic heterocycles. The van der Waals surface area contributed by atoms with E-state index < -0.39 is 16.8 Å². The monoisotopic (exact) mass is 363 g/mol. The highest BCUT2D eigenvalue weighted by molar-refractivity contribution is 7.84. The lowest BCUT2D eigenvalue weighted by atomic mass is 9.98. The van der Waals surface area contributed by atoms with Gasteiger partial charge in [-0.1, -0.05) is 18.2 Å². The Hall–Kier alpha value is -2.97. The van der Waals surface area contributed by atoms with E-state index in [0.29, 0.717) is 5.56 Å². The number of carboxylic acids is 1. The maximum absolute atomic E-state index is 11.5. The molecule has 0 amide bonds. The second-order valence-corrected chi connectivity index (χ2v) is 7.51. The van der Waals surface area contributed by atoms with Crippen LogP contribution in [0.3, 0.4) is 0 Å². The lowest BCUT2D eigenvalue weighted by molar-refractivity contribution is -0.135. The maximum atomic E-state index is 11.5. The minimum Gasteiger partial charge on any atom is -0.481 e. The Labute approximate surface area is 154 Å². The van der Waals surface area contributed by atoms with Gasteiger partial charge >= 0.3 is 5.97 Å². The van der Waals surface area contributed by atoms with Crippen LogP contribution in [0, 0.1) is 11.3 Å². The third-order valence-corrected chi connectivity index (χ3v) is 5.41. The van der Waals surface area contributed by atoms with Crippen LogP contribution in [0.1, 0.15) is 35.6 Å². The number of hydrogen-bond acceptors (Lipinski definition) is 3. The zero-order valence-corrected chi connectivity index (χ0v) is 15.3. The zero-order chi connectivity index (χ0) is 18.8. The molecule has 26 heavy (non-hydrogen) atoms. The number of nitrogens with zero attached hydrogens (tertiary/aromatic N) is 1. The van der Waals surface area contributed by atoms with Crippen LogP contribution in [0.4, 0.5) is 0 Å². The summed E-state index contributed by atoms with van der Waals surface area (Å²) >= 11 is 0. The van der Waals surface area contributed by atoms with Gasteiger partial charge < -0.3 is 5.11 Å². The van der Waals surface area contributed by atoms with Gasteiger partial charge in [0.05, 0.1) is 18.1 Å². The molecular formula is C21H17NO3S. The molecule has 5 heteroatoms. The number of fused-ring (bicyclic) bond motifs is 1. The van der Waals surface area contributed by atoms with Crippen molar-refractivity contribution in [2.45, 2.75) is 18.2 Å². The summed E-state index contributed by atoms with van der Waals surface area (Å²) in [6, 6.07) is 14.9. The van der Waals surface area contributed by atoms with Crippen molar-refractivity contribution in [3.8, 4) is 6.07 Å². The van der Waals surface area contributed by atoms with Crippen molar-refractivity contribution in [2.24, 2.45) is 0 Å². The van der Waals surface area contributed by atoms with Crippen molar-refractivity contribution in [2.75, 3.05) is 6.26 Å². The molecule has 1 unspecified atom stereocenters. The highest BCUT2D eigenvalue weighted by atomic mass is 32.2. The van der Waals surface area contributed by atoms with E-state index in [1.165, 1.54) is 0 Å². The minimum atomic E-state index is -1.03. The Bertz CT molecular complexity index is 1020. The van der Waals surface area contributed by atoms with Gasteiger partial charge in [0.15, 0.2) is 0 Å². The fourth-order valence-electron chi connectivity index (χ4n) is 3.15. The molecule has 1 aliphatic carbocycles. The van der Waals surface area contributed by atoms with Crippen molar-refractivity contribution in [3.63, 3.8) is 0 Å². The molecule has 3 rings (SSSR count). The van der Waals surface area contributed by atoms with Gasteiger partial charge in [-0.25, -0.2) is 0 Å². The van der Waals surface area contributed by atoms with Crippen LogP contribution in [-0.2, 0) is 15.6 Å². The molecule has 2 aromatic rings. The fourth-order valence-corrected chi connectivity index (χ4v) is 3.67. The average Bonchev–Trinajstić information content (AvgIpc) is 2.87.